The van der Waals surface area contributed by atoms with Crippen LogP contribution in [0.3, 0.4) is 0 Å². The topological polar surface area (TPSA) is 74.6 Å². The van der Waals surface area contributed by atoms with E-state index in [0.29, 0.717) is 12.3 Å². The average molecular weight is 297 g/mol. The summed E-state index contributed by atoms with van der Waals surface area (Å²) in [6, 6.07) is 12.6. The summed E-state index contributed by atoms with van der Waals surface area (Å²) >= 11 is 0. The molecule has 2 saturated heterocycles. The fourth-order valence-electron chi connectivity index (χ4n) is 3.23. The van der Waals surface area contributed by atoms with Gasteiger partial charge in [-0.05, 0) is 17.7 Å². The number of amides is 2. The van der Waals surface area contributed by atoms with Crippen LogP contribution in [0.5, 0.6) is 0 Å². The molecule has 2 amide bonds. The molecule has 0 aliphatic carbocycles. The second-order valence-corrected chi connectivity index (χ2v) is 5.56. The van der Waals surface area contributed by atoms with Crippen LogP contribution in [-0.4, -0.2) is 22.9 Å². The minimum Gasteiger partial charge on any atom is -0.468 e. The normalized spacial score (nSPS) is 27.9. The van der Waals surface area contributed by atoms with Gasteiger partial charge in [-0.3, -0.25) is 14.9 Å². The molecule has 4 rings (SSSR count). The SMILES string of the molecule is O=C1NC(=O)[C@H]2[C@@H]1[C@@H](c1ccco1)NN2Cc1ccccc1. The zero-order chi connectivity index (χ0) is 15.1. The van der Waals surface area contributed by atoms with Crippen molar-refractivity contribution in [1.29, 1.82) is 0 Å². The highest BCUT2D eigenvalue weighted by Gasteiger charge is 2.55. The summed E-state index contributed by atoms with van der Waals surface area (Å²) < 4.78 is 5.43. The van der Waals surface area contributed by atoms with E-state index in [1.54, 1.807) is 12.3 Å². The van der Waals surface area contributed by atoms with E-state index in [0.717, 1.165) is 5.56 Å². The van der Waals surface area contributed by atoms with Crippen LogP contribution in [0, 0.1) is 5.92 Å². The zero-order valence-corrected chi connectivity index (χ0v) is 11.7. The number of carbonyl (C=O) groups excluding carboxylic acids is 2. The molecule has 0 spiro atoms. The van der Waals surface area contributed by atoms with Crippen LogP contribution >= 0.6 is 0 Å². The van der Waals surface area contributed by atoms with Crippen molar-refractivity contribution in [1.82, 2.24) is 15.8 Å². The first-order valence-corrected chi connectivity index (χ1v) is 7.19. The Morgan fingerprint density at radius 1 is 1.05 bits per heavy atom. The van der Waals surface area contributed by atoms with Gasteiger partial charge in [-0.15, -0.1) is 0 Å². The standard InChI is InChI=1S/C16H15N3O3/c20-15-12-13(11-7-4-8-22-11)18-19(14(12)16(21)17-15)9-10-5-2-1-3-6-10/h1-8,12-14,18H,9H2,(H,17,20,21)/t12-,13+,14+/m0/s1. The highest BCUT2D eigenvalue weighted by molar-refractivity contribution is 6.07. The van der Waals surface area contributed by atoms with Crippen molar-refractivity contribution >= 4 is 11.8 Å². The number of nitrogens with one attached hydrogen (secondary N) is 2. The Kier molecular flexibility index (Phi) is 3.06. The Bertz CT molecular complexity index is 699. The van der Waals surface area contributed by atoms with Crippen LogP contribution in [0.2, 0.25) is 0 Å². The Hall–Kier alpha value is -2.44. The van der Waals surface area contributed by atoms with Gasteiger partial charge in [0.15, 0.2) is 0 Å². The maximum absolute atomic E-state index is 12.1. The number of rotatable bonds is 3. The van der Waals surface area contributed by atoms with Crippen LogP contribution in [0.1, 0.15) is 17.4 Å². The second kappa shape index (κ2) is 5.08. The number of imide groups is 1. The van der Waals surface area contributed by atoms with Crippen LogP contribution < -0.4 is 10.7 Å². The molecular weight excluding hydrogens is 282 g/mol. The Morgan fingerprint density at radius 2 is 1.86 bits per heavy atom. The molecule has 2 aliphatic rings. The molecule has 6 nitrogen and oxygen atoms in total. The van der Waals surface area contributed by atoms with Gasteiger partial charge in [0.2, 0.25) is 11.8 Å². The highest BCUT2D eigenvalue weighted by atomic mass is 16.3. The molecule has 1 aromatic heterocycles. The van der Waals surface area contributed by atoms with Crippen molar-refractivity contribution < 1.29 is 14.0 Å². The van der Waals surface area contributed by atoms with Gasteiger partial charge in [-0.2, -0.15) is 0 Å². The number of fused-ring (bicyclic) bond motifs is 1. The summed E-state index contributed by atoms with van der Waals surface area (Å²) in [6.07, 6.45) is 1.57. The second-order valence-electron chi connectivity index (χ2n) is 5.56. The smallest absolute Gasteiger partial charge is 0.246 e. The summed E-state index contributed by atoms with van der Waals surface area (Å²) in [5.74, 6) is -0.315. The lowest BCUT2D eigenvalue weighted by Crippen LogP contribution is -2.43. The summed E-state index contributed by atoms with van der Waals surface area (Å²) in [7, 11) is 0. The number of carbonyl (C=O) groups is 2. The lowest BCUT2D eigenvalue weighted by atomic mass is 9.94. The molecule has 2 N–H and O–H groups in total. The lowest BCUT2D eigenvalue weighted by Gasteiger charge is -2.21. The molecule has 0 bridgehead atoms. The van der Waals surface area contributed by atoms with Gasteiger partial charge in [0.25, 0.3) is 0 Å². The molecule has 2 fully saturated rings. The molecule has 0 saturated carbocycles. The molecule has 1 aromatic carbocycles. The molecule has 3 atom stereocenters. The fraction of sp³-hybridized carbons (Fsp3) is 0.250. The molecule has 22 heavy (non-hydrogen) atoms. The van der Waals surface area contributed by atoms with E-state index in [4.69, 9.17) is 4.42 Å². The van der Waals surface area contributed by atoms with E-state index >= 15 is 0 Å². The van der Waals surface area contributed by atoms with E-state index in [1.807, 2.05) is 41.4 Å². The quantitative estimate of drug-likeness (QED) is 0.826. The third-order valence-corrected chi connectivity index (χ3v) is 4.20. The van der Waals surface area contributed by atoms with E-state index in [-0.39, 0.29) is 17.9 Å². The number of hydrazine groups is 1. The highest BCUT2D eigenvalue weighted by Crippen LogP contribution is 2.37. The van der Waals surface area contributed by atoms with E-state index < -0.39 is 12.0 Å². The summed E-state index contributed by atoms with van der Waals surface area (Å²) in [5, 5.41) is 4.25. The van der Waals surface area contributed by atoms with Crippen LogP contribution in [0.15, 0.2) is 53.1 Å². The van der Waals surface area contributed by atoms with Gasteiger partial charge >= 0.3 is 0 Å². The van der Waals surface area contributed by atoms with Crippen molar-refractivity contribution in [3.63, 3.8) is 0 Å². The molecule has 3 heterocycles. The minimum atomic E-state index is -0.511. The molecule has 2 aromatic rings. The Labute approximate surface area is 127 Å². The maximum Gasteiger partial charge on any atom is 0.246 e. The first kappa shape index (κ1) is 13.2. The van der Waals surface area contributed by atoms with Gasteiger partial charge in [-0.1, -0.05) is 30.3 Å². The Balaban J connectivity index is 1.65. The van der Waals surface area contributed by atoms with Gasteiger partial charge in [-0.25, -0.2) is 10.4 Å². The number of nitrogens with zero attached hydrogens (tertiary/aromatic N) is 1. The molecule has 0 unspecified atom stereocenters. The van der Waals surface area contributed by atoms with Gasteiger partial charge < -0.3 is 4.42 Å². The molecule has 112 valence electrons. The van der Waals surface area contributed by atoms with Crippen LogP contribution in [0.25, 0.3) is 0 Å². The van der Waals surface area contributed by atoms with Crippen molar-refractivity contribution in [2.24, 2.45) is 5.92 Å². The first-order valence-electron chi connectivity index (χ1n) is 7.19. The third-order valence-electron chi connectivity index (χ3n) is 4.20. The number of hydrogen-bond acceptors (Lipinski definition) is 5. The summed E-state index contributed by atoms with van der Waals surface area (Å²) in [5.41, 5.74) is 4.33. The van der Waals surface area contributed by atoms with Gasteiger partial charge in [0, 0.05) is 6.54 Å². The molecule has 2 aliphatic heterocycles. The van der Waals surface area contributed by atoms with Gasteiger partial charge in [0.05, 0.1) is 18.2 Å². The maximum atomic E-state index is 12.1. The van der Waals surface area contributed by atoms with E-state index in [9.17, 15) is 9.59 Å². The molecule has 0 radical (unpaired) electrons. The monoisotopic (exact) mass is 297 g/mol. The Morgan fingerprint density at radius 3 is 2.59 bits per heavy atom. The van der Waals surface area contributed by atoms with Gasteiger partial charge in [0.1, 0.15) is 11.8 Å². The van der Waals surface area contributed by atoms with E-state index in [2.05, 4.69) is 10.7 Å². The number of benzene rings is 1. The predicted molar refractivity (Wildman–Crippen MR) is 77.0 cm³/mol. The van der Waals surface area contributed by atoms with Crippen molar-refractivity contribution in [3.05, 3.63) is 60.1 Å². The van der Waals surface area contributed by atoms with Crippen LogP contribution in [-0.2, 0) is 16.1 Å². The van der Waals surface area contributed by atoms with Crippen molar-refractivity contribution in [3.8, 4) is 0 Å². The zero-order valence-electron chi connectivity index (χ0n) is 11.7. The molecule has 6 heteroatoms. The number of hydrogen-bond donors (Lipinski definition) is 2. The fourth-order valence-corrected chi connectivity index (χ4v) is 3.23. The minimum absolute atomic E-state index is 0.250. The van der Waals surface area contributed by atoms with Crippen molar-refractivity contribution in [2.45, 2.75) is 18.6 Å². The number of furan rings is 1. The van der Waals surface area contributed by atoms with E-state index in [1.165, 1.54) is 0 Å². The summed E-state index contributed by atoms with van der Waals surface area (Å²) in [4.78, 5) is 24.3. The lowest BCUT2D eigenvalue weighted by molar-refractivity contribution is -0.127. The molecular formula is C16H15N3O3. The average Bonchev–Trinajstić information content (AvgIpc) is 3.20. The predicted octanol–water partition coefficient (Wildman–Crippen LogP) is 0.982. The van der Waals surface area contributed by atoms with Crippen LogP contribution in [0.4, 0.5) is 0 Å². The summed E-state index contributed by atoms with van der Waals surface area (Å²) in [6.45, 7) is 0.542. The third kappa shape index (κ3) is 2.04. The van der Waals surface area contributed by atoms with Crippen molar-refractivity contribution in [2.75, 3.05) is 0 Å². The first-order chi connectivity index (χ1) is 10.7. The largest absolute Gasteiger partial charge is 0.468 e.